The summed E-state index contributed by atoms with van der Waals surface area (Å²) < 4.78 is 0. The van der Waals surface area contributed by atoms with E-state index in [0.29, 0.717) is 6.04 Å². The Morgan fingerprint density at radius 1 is 1.56 bits per heavy atom. The topological polar surface area (TPSA) is 37.0 Å². The van der Waals surface area contributed by atoms with Gasteiger partial charge in [-0.15, -0.1) is 11.3 Å². The summed E-state index contributed by atoms with van der Waals surface area (Å²) in [4.78, 5) is 5.53. The van der Waals surface area contributed by atoms with Crippen molar-refractivity contribution >= 4 is 28.7 Å². The Morgan fingerprint density at radius 2 is 2.31 bits per heavy atom. The molecule has 1 aromatic rings. The maximum atomic E-state index is 5.25. The Balaban J connectivity index is 1.71. The van der Waals surface area contributed by atoms with Crippen molar-refractivity contribution in [2.45, 2.75) is 45.2 Å². The highest BCUT2D eigenvalue weighted by Crippen LogP contribution is 2.17. The van der Waals surface area contributed by atoms with Crippen LogP contribution in [0.5, 0.6) is 0 Å². The normalized spacial score (nSPS) is 16.3. The fraction of sp³-hybridized carbons (Fsp3) is 0.636. The van der Waals surface area contributed by atoms with Crippen LogP contribution in [0.2, 0.25) is 0 Å². The van der Waals surface area contributed by atoms with E-state index < -0.39 is 0 Å². The average Bonchev–Trinajstić information content (AvgIpc) is 2.87. The molecule has 16 heavy (non-hydrogen) atoms. The molecule has 0 radical (unpaired) electrons. The predicted molar refractivity (Wildman–Crippen MR) is 71.7 cm³/mol. The Morgan fingerprint density at radius 3 is 2.94 bits per heavy atom. The summed E-state index contributed by atoms with van der Waals surface area (Å²) in [5, 5.41) is 8.41. The van der Waals surface area contributed by atoms with Crippen LogP contribution in [0.1, 0.15) is 35.6 Å². The third kappa shape index (κ3) is 3.42. The van der Waals surface area contributed by atoms with Crippen LogP contribution >= 0.6 is 23.6 Å². The summed E-state index contributed by atoms with van der Waals surface area (Å²) in [6, 6.07) is 0.582. The first-order valence-corrected chi connectivity index (χ1v) is 6.92. The van der Waals surface area contributed by atoms with E-state index in [0.717, 1.165) is 16.7 Å². The second-order valence-corrected chi connectivity index (χ2v) is 5.90. The number of hydrogen-bond donors (Lipinski definition) is 2. The highest BCUT2D eigenvalue weighted by Gasteiger charge is 2.15. The third-order valence-corrected chi connectivity index (χ3v) is 3.93. The van der Waals surface area contributed by atoms with E-state index in [1.54, 1.807) is 11.3 Å². The van der Waals surface area contributed by atoms with Crippen molar-refractivity contribution in [3.63, 3.8) is 0 Å². The maximum absolute atomic E-state index is 5.25. The number of nitrogens with zero attached hydrogens (tertiary/aromatic N) is 1. The second kappa shape index (κ2) is 5.59. The molecule has 1 aliphatic rings. The van der Waals surface area contributed by atoms with Crippen LogP contribution in [-0.4, -0.2) is 16.1 Å². The minimum Gasteiger partial charge on any atom is -0.360 e. The molecular formula is C11H17N3S2. The van der Waals surface area contributed by atoms with Crippen molar-refractivity contribution in [2.24, 2.45) is 0 Å². The Kier molecular flexibility index (Phi) is 4.12. The van der Waals surface area contributed by atoms with Gasteiger partial charge in [0.2, 0.25) is 0 Å². The number of rotatable bonds is 3. The molecule has 1 heterocycles. The van der Waals surface area contributed by atoms with Gasteiger partial charge in [-0.3, -0.25) is 0 Å². The zero-order valence-corrected chi connectivity index (χ0v) is 11.1. The van der Waals surface area contributed by atoms with E-state index in [1.165, 1.54) is 30.6 Å². The summed E-state index contributed by atoms with van der Waals surface area (Å²) in [5.74, 6) is 0. The van der Waals surface area contributed by atoms with Gasteiger partial charge in [0.05, 0.1) is 6.54 Å². The Hall–Kier alpha value is -0.680. The molecule has 1 aliphatic carbocycles. The van der Waals surface area contributed by atoms with E-state index in [-0.39, 0.29) is 0 Å². The molecule has 0 amide bonds. The van der Waals surface area contributed by atoms with Gasteiger partial charge in [0.1, 0.15) is 5.01 Å². The first kappa shape index (κ1) is 11.8. The minimum atomic E-state index is 0.582. The van der Waals surface area contributed by atoms with Crippen molar-refractivity contribution in [1.29, 1.82) is 0 Å². The number of aryl methyl sites for hydroxylation is 1. The molecule has 3 nitrogen and oxygen atoms in total. The molecule has 0 unspecified atom stereocenters. The van der Waals surface area contributed by atoms with Crippen molar-refractivity contribution in [2.75, 3.05) is 0 Å². The van der Waals surface area contributed by atoms with Gasteiger partial charge < -0.3 is 10.6 Å². The molecular weight excluding hydrogens is 238 g/mol. The van der Waals surface area contributed by atoms with Gasteiger partial charge in [-0.1, -0.05) is 12.8 Å². The van der Waals surface area contributed by atoms with E-state index in [4.69, 9.17) is 12.2 Å². The van der Waals surface area contributed by atoms with Crippen molar-refractivity contribution in [1.82, 2.24) is 15.6 Å². The molecule has 5 heteroatoms. The van der Waals surface area contributed by atoms with Crippen LogP contribution < -0.4 is 10.6 Å². The first-order valence-electron chi connectivity index (χ1n) is 5.70. The quantitative estimate of drug-likeness (QED) is 0.813. The van der Waals surface area contributed by atoms with Crippen LogP contribution in [0.3, 0.4) is 0 Å². The molecule has 0 aliphatic heterocycles. The summed E-state index contributed by atoms with van der Waals surface area (Å²) in [6.07, 6.45) is 7.05. The molecule has 0 spiro atoms. The van der Waals surface area contributed by atoms with Gasteiger partial charge in [0.15, 0.2) is 5.11 Å². The van der Waals surface area contributed by atoms with Crippen molar-refractivity contribution < 1.29 is 0 Å². The van der Waals surface area contributed by atoms with Crippen LogP contribution in [0.4, 0.5) is 0 Å². The van der Waals surface area contributed by atoms with Gasteiger partial charge in [0, 0.05) is 17.1 Å². The molecule has 0 atom stereocenters. The van der Waals surface area contributed by atoms with Crippen LogP contribution in [0, 0.1) is 6.92 Å². The molecule has 2 N–H and O–H groups in total. The van der Waals surface area contributed by atoms with Crippen LogP contribution in [0.15, 0.2) is 6.20 Å². The molecule has 0 aromatic carbocycles. The first-order chi connectivity index (χ1) is 7.74. The lowest BCUT2D eigenvalue weighted by Crippen LogP contribution is -2.40. The predicted octanol–water partition coefficient (Wildman–Crippen LogP) is 2.36. The number of aromatic nitrogens is 1. The highest BCUT2D eigenvalue weighted by atomic mass is 32.1. The summed E-state index contributed by atoms with van der Waals surface area (Å²) in [7, 11) is 0. The molecule has 1 aromatic heterocycles. The molecule has 2 rings (SSSR count). The molecule has 1 saturated carbocycles. The lowest BCUT2D eigenvalue weighted by atomic mass is 10.3. The summed E-state index contributed by atoms with van der Waals surface area (Å²) in [5.41, 5.74) is 0. The number of thiazole rings is 1. The van der Waals surface area contributed by atoms with Gasteiger partial charge in [-0.2, -0.15) is 0 Å². The smallest absolute Gasteiger partial charge is 0.166 e. The lowest BCUT2D eigenvalue weighted by Gasteiger charge is -2.14. The fourth-order valence-electron chi connectivity index (χ4n) is 1.95. The van der Waals surface area contributed by atoms with Gasteiger partial charge >= 0.3 is 0 Å². The van der Waals surface area contributed by atoms with E-state index >= 15 is 0 Å². The number of nitrogens with one attached hydrogen (secondary N) is 2. The number of hydrogen-bond acceptors (Lipinski definition) is 3. The Labute approximate surface area is 106 Å². The van der Waals surface area contributed by atoms with E-state index in [1.807, 2.05) is 6.20 Å². The largest absolute Gasteiger partial charge is 0.360 e. The van der Waals surface area contributed by atoms with Gasteiger partial charge in [-0.05, 0) is 32.0 Å². The van der Waals surface area contributed by atoms with E-state index in [9.17, 15) is 0 Å². The van der Waals surface area contributed by atoms with Crippen molar-refractivity contribution in [3.8, 4) is 0 Å². The molecule has 0 bridgehead atoms. The third-order valence-electron chi connectivity index (χ3n) is 2.76. The SMILES string of the molecule is Cc1cnc(CNC(=S)NC2CCCC2)s1. The fourth-order valence-corrected chi connectivity index (χ4v) is 2.91. The highest BCUT2D eigenvalue weighted by molar-refractivity contribution is 7.80. The summed E-state index contributed by atoms with van der Waals surface area (Å²) in [6.45, 7) is 2.80. The lowest BCUT2D eigenvalue weighted by molar-refractivity contribution is 0.621. The van der Waals surface area contributed by atoms with Gasteiger partial charge in [-0.25, -0.2) is 4.98 Å². The zero-order chi connectivity index (χ0) is 11.4. The van der Waals surface area contributed by atoms with Crippen LogP contribution in [0.25, 0.3) is 0 Å². The van der Waals surface area contributed by atoms with Crippen molar-refractivity contribution in [3.05, 3.63) is 16.1 Å². The molecule has 1 fully saturated rings. The standard InChI is InChI=1S/C11H17N3S2/c1-8-6-12-10(16-8)7-13-11(15)14-9-4-2-3-5-9/h6,9H,2-5,7H2,1H3,(H2,13,14,15). The summed E-state index contributed by atoms with van der Waals surface area (Å²) >= 11 is 6.96. The van der Waals surface area contributed by atoms with Crippen LogP contribution in [-0.2, 0) is 6.54 Å². The average molecular weight is 255 g/mol. The second-order valence-electron chi connectivity index (χ2n) is 4.17. The minimum absolute atomic E-state index is 0.582. The number of thiocarbonyl (C=S) groups is 1. The molecule has 88 valence electrons. The Bertz CT molecular complexity index is 356. The molecule has 0 saturated heterocycles. The zero-order valence-electron chi connectivity index (χ0n) is 9.45. The maximum Gasteiger partial charge on any atom is 0.166 e. The monoisotopic (exact) mass is 255 g/mol. The van der Waals surface area contributed by atoms with Gasteiger partial charge in [0.25, 0.3) is 0 Å². The van der Waals surface area contributed by atoms with E-state index in [2.05, 4.69) is 22.5 Å².